The molecule has 1 N–H and O–H groups in total. The monoisotopic (exact) mass is 518 g/mol. The van der Waals surface area contributed by atoms with Gasteiger partial charge in [0.2, 0.25) is 5.88 Å². The molecule has 9 nitrogen and oxygen atoms in total. The summed E-state index contributed by atoms with van der Waals surface area (Å²) in [5.74, 6) is 2.60. The van der Waals surface area contributed by atoms with Crippen molar-refractivity contribution in [3.8, 4) is 5.88 Å². The second-order valence-electron chi connectivity index (χ2n) is 11.9. The first kappa shape index (κ1) is 23.2. The molecule has 2 aromatic heterocycles. The molecule has 2 amide bonds. The third-order valence-corrected chi connectivity index (χ3v) is 8.90. The van der Waals surface area contributed by atoms with Crippen molar-refractivity contribution in [3.63, 3.8) is 0 Å². The Kier molecular flexibility index (Phi) is 5.06. The SMILES string of the molecule is O=C(N1CC2(CC(Cc3ccc(OC(F)(F)F)nc3)C2)C1)N1CC2(CC(c3nc(C4COC4)n[nH]3)C2)C1. The molecule has 0 bridgehead atoms. The molecule has 12 heteroatoms. The first-order chi connectivity index (χ1) is 17.7. The van der Waals surface area contributed by atoms with Gasteiger partial charge < -0.3 is 19.3 Å². The van der Waals surface area contributed by atoms with Crippen LogP contribution in [0.4, 0.5) is 18.0 Å². The highest BCUT2D eigenvalue weighted by Gasteiger charge is 2.58. The van der Waals surface area contributed by atoms with E-state index in [1.54, 1.807) is 6.07 Å². The molecule has 0 aromatic carbocycles. The summed E-state index contributed by atoms with van der Waals surface area (Å²) in [6, 6.07) is 3.06. The summed E-state index contributed by atoms with van der Waals surface area (Å²) in [5, 5.41) is 7.46. The van der Waals surface area contributed by atoms with E-state index in [0.717, 1.165) is 75.5 Å². The fourth-order valence-electron chi connectivity index (χ4n) is 7.08. The normalized spacial score (nSPS) is 24.7. The van der Waals surface area contributed by atoms with Gasteiger partial charge in [-0.25, -0.2) is 14.8 Å². The molecule has 5 aliphatic rings. The molecule has 0 unspecified atom stereocenters. The predicted octanol–water partition coefficient (Wildman–Crippen LogP) is 3.47. The number of aromatic nitrogens is 4. The number of ether oxygens (including phenoxy) is 2. The van der Waals surface area contributed by atoms with Gasteiger partial charge in [0, 0.05) is 55.2 Å². The van der Waals surface area contributed by atoms with E-state index in [2.05, 4.69) is 24.9 Å². The minimum Gasteiger partial charge on any atom is -0.388 e. The number of H-pyrrole nitrogens is 1. The van der Waals surface area contributed by atoms with Crippen LogP contribution in [0.25, 0.3) is 0 Å². The number of aromatic amines is 1. The van der Waals surface area contributed by atoms with Crippen LogP contribution in [-0.4, -0.2) is 81.8 Å². The van der Waals surface area contributed by atoms with Gasteiger partial charge in [0.25, 0.3) is 0 Å². The van der Waals surface area contributed by atoms with Gasteiger partial charge >= 0.3 is 12.4 Å². The second kappa shape index (κ2) is 8.05. The Morgan fingerprint density at radius 1 is 1.05 bits per heavy atom. The molecule has 2 spiro atoms. The number of rotatable bonds is 5. The standard InChI is InChI=1S/C25H29F3N6O3/c26-25(27,28)37-19-2-1-15(8-29-19)3-16-4-23(5-16)11-33(12-23)22(35)34-13-24(14-34)6-17(7-24)20-30-21(32-31-20)18-9-36-10-18/h1-2,8,16-18H,3-7,9-14H2,(H,30,31,32). The zero-order valence-electron chi connectivity index (χ0n) is 20.3. The van der Waals surface area contributed by atoms with Crippen molar-refractivity contribution in [1.82, 2.24) is 30.0 Å². The maximum absolute atomic E-state index is 12.9. The summed E-state index contributed by atoms with van der Waals surface area (Å²) in [5.41, 5.74) is 1.36. The van der Waals surface area contributed by atoms with E-state index in [0.29, 0.717) is 31.0 Å². The van der Waals surface area contributed by atoms with Crippen molar-refractivity contribution in [3.05, 3.63) is 35.5 Å². The lowest BCUT2D eigenvalue weighted by Gasteiger charge is -2.63. The number of alkyl halides is 3. The van der Waals surface area contributed by atoms with E-state index in [1.807, 2.05) is 9.80 Å². The molecule has 3 saturated heterocycles. The molecular formula is C25H29F3N6O3. The van der Waals surface area contributed by atoms with E-state index < -0.39 is 12.2 Å². The Morgan fingerprint density at radius 2 is 1.73 bits per heavy atom. The first-order valence-electron chi connectivity index (χ1n) is 12.9. The molecule has 2 aromatic rings. The third-order valence-electron chi connectivity index (χ3n) is 8.90. The van der Waals surface area contributed by atoms with E-state index in [1.165, 1.54) is 12.3 Å². The molecule has 7 rings (SSSR count). The maximum Gasteiger partial charge on any atom is 0.574 e. The zero-order valence-corrected chi connectivity index (χ0v) is 20.3. The van der Waals surface area contributed by atoms with Gasteiger partial charge in [-0.05, 0) is 43.6 Å². The number of nitrogens with zero attached hydrogens (tertiary/aromatic N) is 5. The van der Waals surface area contributed by atoms with E-state index in [4.69, 9.17) is 4.74 Å². The lowest BCUT2D eigenvalue weighted by Crippen LogP contribution is -2.70. The van der Waals surface area contributed by atoms with E-state index in [-0.39, 0.29) is 16.9 Å². The lowest BCUT2D eigenvalue weighted by atomic mass is 9.56. The highest BCUT2D eigenvalue weighted by Crippen LogP contribution is 2.57. The fourth-order valence-corrected chi connectivity index (χ4v) is 7.08. The molecular weight excluding hydrogens is 489 g/mol. The average Bonchev–Trinajstić information content (AvgIpc) is 3.14. The van der Waals surface area contributed by atoms with Crippen molar-refractivity contribution in [2.24, 2.45) is 16.7 Å². The second-order valence-corrected chi connectivity index (χ2v) is 11.9. The number of halogens is 3. The number of urea groups is 1. The van der Waals surface area contributed by atoms with Crippen LogP contribution < -0.4 is 4.74 Å². The van der Waals surface area contributed by atoms with E-state index in [9.17, 15) is 18.0 Å². The molecule has 37 heavy (non-hydrogen) atoms. The molecule has 5 heterocycles. The lowest BCUT2D eigenvalue weighted by molar-refractivity contribution is -0.276. The van der Waals surface area contributed by atoms with Crippen LogP contribution in [-0.2, 0) is 11.2 Å². The first-order valence-corrected chi connectivity index (χ1v) is 12.9. The molecule has 198 valence electrons. The number of likely N-dealkylation sites (tertiary alicyclic amines) is 2. The zero-order chi connectivity index (χ0) is 25.4. The summed E-state index contributed by atoms with van der Waals surface area (Å²) in [4.78, 5) is 25.3. The van der Waals surface area contributed by atoms with Gasteiger partial charge in [-0.1, -0.05) is 6.07 Å². The Labute approximate surface area is 211 Å². The highest BCUT2D eigenvalue weighted by atomic mass is 19.4. The van der Waals surface area contributed by atoms with Crippen molar-refractivity contribution in [1.29, 1.82) is 0 Å². The third kappa shape index (κ3) is 4.22. The topological polar surface area (TPSA) is 96.5 Å². The number of hydrogen-bond acceptors (Lipinski definition) is 6. The van der Waals surface area contributed by atoms with Crippen LogP contribution in [0.2, 0.25) is 0 Å². The Morgan fingerprint density at radius 3 is 2.30 bits per heavy atom. The summed E-state index contributed by atoms with van der Waals surface area (Å²) in [6.45, 7) is 4.67. The average molecular weight is 519 g/mol. The van der Waals surface area contributed by atoms with Gasteiger partial charge in [-0.3, -0.25) is 5.10 Å². The minimum absolute atomic E-state index is 0.152. The predicted molar refractivity (Wildman–Crippen MR) is 123 cm³/mol. The highest BCUT2D eigenvalue weighted by molar-refractivity contribution is 5.77. The molecule has 0 atom stereocenters. The summed E-state index contributed by atoms with van der Waals surface area (Å²) < 4.78 is 45.9. The number of pyridine rings is 1. The van der Waals surface area contributed by atoms with Crippen LogP contribution in [0.1, 0.15) is 54.7 Å². The Bertz CT molecular complexity index is 1170. The van der Waals surface area contributed by atoms with Crippen LogP contribution in [0, 0.1) is 16.7 Å². The number of carbonyl (C=O) groups excluding carboxylic acids is 1. The molecule has 0 radical (unpaired) electrons. The quantitative estimate of drug-likeness (QED) is 0.651. The number of nitrogens with one attached hydrogen (secondary N) is 1. The van der Waals surface area contributed by atoms with Gasteiger partial charge in [0.05, 0.1) is 19.1 Å². The van der Waals surface area contributed by atoms with E-state index >= 15 is 0 Å². The number of amides is 2. The van der Waals surface area contributed by atoms with Crippen molar-refractivity contribution >= 4 is 6.03 Å². The van der Waals surface area contributed by atoms with Gasteiger partial charge in [0.15, 0.2) is 5.82 Å². The van der Waals surface area contributed by atoms with Crippen molar-refractivity contribution in [2.45, 2.75) is 50.3 Å². The van der Waals surface area contributed by atoms with Crippen LogP contribution in [0.5, 0.6) is 5.88 Å². The summed E-state index contributed by atoms with van der Waals surface area (Å²) >= 11 is 0. The maximum atomic E-state index is 12.9. The van der Waals surface area contributed by atoms with Gasteiger partial charge in [0.1, 0.15) is 5.82 Å². The largest absolute Gasteiger partial charge is 0.574 e. The smallest absolute Gasteiger partial charge is 0.388 e. The summed E-state index contributed by atoms with van der Waals surface area (Å²) in [7, 11) is 0. The van der Waals surface area contributed by atoms with Crippen LogP contribution in [0.15, 0.2) is 18.3 Å². The molecule has 2 saturated carbocycles. The van der Waals surface area contributed by atoms with Crippen molar-refractivity contribution in [2.75, 3.05) is 39.4 Å². The Hall–Kier alpha value is -2.89. The molecule has 2 aliphatic carbocycles. The van der Waals surface area contributed by atoms with Gasteiger partial charge in [-0.2, -0.15) is 5.10 Å². The fraction of sp³-hybridized carbons (Fsp3) is 0.680. The summed E-state index contributed by atoms with van der Waals surface area (Å²) in [6.07, 6.45) is 1.69. The van der Waals surface area contributed by atoms with Crippen molar-refractivity contribution < 1.29 is 27.4 Å². The number of carbonyl (C=O) groups is 1. The van der Waals surface area contributed by atoms with Crippen LogP contribution in [0.3, 0.4) is 0 Å². The minimum atomic E-state index is -4.73. The molecule has 5 fully saturated rings. The Balaban J connectivity index is 0.824. The molecule has 3 aliphatic heterocycles. The van der Waals surface area contributed by atoms with Crippen LogP contribution >= 0.6 is 0 Å². The number of hydrogen-bond donors (Lipinski definition) is 1. The van der Waals surface area contributed by atoms with Gasteiger partial charge in [-0.15, -0.1) is 13.2 Å².